The monoisotopic (exact) mass is 215 g/mol. The number of para-hydroxylation sites is 1. The lowest BCUT2D eigenvalue weighted by Gasteiger charge is -2.32. The van der Waals surface area contributed by atoms with Crippen molar-refractivity contribution in [1.82, 2.24) is 4.90 Å². The normalized spacial score (nSPS) is 21.6. The maximum atomic E-state index is 2.39. The quantitative estimate of drug-likeness (QED) is 0.574. The van der Waals surface area contributed by atoms with Gasteiger partial charge in [0, 0.05) is 24.5 Å². The molecule has 2 rings (SSSR count). The molecule has 85 valence electrons. The molecule has 1 aliphatic rings. The first-order valence-electron chi connectivity index (χ1n) is 5.92. The molecule has 1 radical (unpaired) electrons. The van der Waals surface area contributed by atoms with Crippen molar-refractivity contribution in [3.05, 3.63) is 41.6 Å². The van der Waals surface area contributed by atoms with Gasteiger partial charge >= 0.3 is 0 Å². The van der Waals surface area contributed by atoms with E-state index >= 15 is 0 Å². The Kier molecular flexibility index (Phi) is 2.67. The van der Waals surface area contributed by atoms with Crippen molar-refractivity contribution < 1.29 is 0 Å². The number of allylic oxidation sites excluding steroid dienone is 2. The highest BCUT2D eigenvalue weighted by Crippen LogP contribution is 2.44. The van der Waals surface area contributed by atoms with E-state index < -0.39 is 0 Å². The van der Waals surface area contributed by atoms with Crippen LogP contribution in [0.25, 0.3) is 0 Å². The molecule has 1 atom stereocenters. The summed E-state index contributed by atoms with van der Waals surface area (Å²) < 4.78 is 0. The molecule has 16 heavy (non-hydrogen) atoms. The van der Waals surface area contributed by atoms with Gasteiger partial charge in [0.2, 0.25) is 0 Å². The van der Waals surface area contributed by atoms with E-state index in [1.807, 2.05) is 0 Å². The van der Waals surface area contributed by atoms with Crippen LogP contribution in [-0.4, -0.2) is 7.05 Å². The third kappa shape index (κ3) is 1.80. The molecular weight excluding hydrogens is 194 g/mol. The van der Waals surface area contributed by atoms with Gasteiger partial charge in [-0.15, -0.1) is 4.90 Å². The third-order valence-corrected chi connectivity index (χ3v) is 3.50. The lowest BCUT2D eigenvalue weighted by molar-refractivity contribution is 0.358. The Morgan fingerprint density at radius 2 is 1.75 bits per heavy atom. The minimum absolute atomic E-state index is 0.276. The standard InChI is InChI=1S/C15H21N/c1-11-10-13(15(2,3)4)12-8-6-7-9-14(12)16(11)5/h6-10,13H,1-5H3/q+1. The summed E-state index contributed by atoms with van der Waals surface area (Å²) in [6.07, 6.45) is 2.39. The van der Waals surface area contributed by atoms with Crippen LogP contribution >= 0.6 is 0 Å². The average Bonchev–Trinajstić information content (AvgIpc) is 2.22. The van der Waals surface area contributed by atoms with Crippen molar-refractivity contribution >= 4 is 5.69 Å². The van der Waals surface area contributed by atoms with Gasteiger partial charge in [0.05, 0.1) is 0 Å². The fourth-order valence-electron chi connectivity index (χ4n) is 2.41. The molecule has 0 saturated heterocycles. The topological polar surface area (TPSA) is 5.90 Å². The van der Waals surface area contributed by atoms with Gasteiger partial charge in [-0.05, 0) is 11.5 Å². The lowest BCUT2D eigenvalue weighted by atomic mass is 9.74. The summed E-state index contributed by atoms with van der Waals surface area (Å²) in [5.74, 6) is 0.514. The Hall–Kier alpha value is -1.08. The molecule has 0 N–H and O–H groups in total. The second-order valence-electron chi connectivity index (χ2n) is 5.77. The van der Waals surface area contributed by atoms with Crippen LogP contribution in [0.1, 0.15) is 39.2 Å². The van der Waals surface area contributed by atoms with Crippen molar-refractivity contribution in [1.29, 1.82) is 0 Å². The van der Waals surface area contributed by atoms with Gasteiger partial charge in [-0.1, -0.05) is 39.0 Å². The van der Waals surface area contributed by atoms with E-state index in [1.165, 1.54) is 16.9 Å². The predicted molar refractivity (Wildman–Crippen MR) is 70.1 cm³/mol. The average molecular weight is 215 g/mol. The zero-order chi connectivity index (χ0) is 11.9. The summed E-state index contributed by atoms with van der Waals surface area (Å²) in [6.45, 7) is 9.12. The Morgan fingerprint density at radius 1 is 1.12 bits per heavy atom. The van der Waals surface area contributed by atoms with Crippen molar-refractivity contribution in [3.8, 4) is 0 Å². The molecule has 1 aromatic rings. The zero-order valence-corrected chi connectivity index (χ0v) is 10.9. The summed E-state index contributed by atoms with van der Waals surface area (Å²) >= 11 is 0. The molecule has 0 bridgehead atoms. The smallest absolute Gasteiger partial charge is 0.104 e. The zero-order valence-electron chi connectivity index (χ0n) is 10.9. The van der Waals surface area contributed by atoms with Crippen LogP contribution in [0, 0.1) is 5.41 Å². The van der Waals surface area contributed by atoms with Crippen LogP contribution < -0.4 is 4.90 Å². The van der Waals surface area contributed by atoms with E-state index in [9.17, 15) is 0 Å². The van der Waals surface area contributed by atoms with E-state index in [0.717, 1.165) is 0 Å². The molecule has 0 spiro atoms. The van der Waals surface area contributed by atoms with Crippen molar-refractivity contribution in [3.63, 3.8) is 0 Å². The van der Waals surface area contributed by atoms with Crippen molar-refractivity contribution in [2.24, 2.45) is 5.41 Å². The summed E-state index contributed by atoms with van der Waals surface area (Å²) in [5, 5.41) is 0. The first-order chi connectivity index (χ1) is 7.41. The van der Waals surface area contributed by atoms with E-state index in [-0.39, 0.29) is 5.41 Å². The Labute approximate surface area is 98.8 Å². The number of benzene rings is 1. The van der Waals surface area contributed by atoms with Gasteiger partial charge in [0.15, 0.2) is 11.4 Å². The van der Waals surface area contributed by atoms with Gasteiger partial charge in [0.25, 0.3) is 0 Å². The van der Waals surface area contributed by atoms with Crippen LogP contribution in [0.15, 0.2) is 36.0 Å². The first kappa shape index (κ1) is 11.4. The Bertz CT molecular complexity index is 423. The minimum atomic E-state index is 0.276. The molecule has 1 aliphatic heterocycles. The molecule has 0 saturated carbocycles. The lowest BCUT2D eigenvalue weighted by Crippen LogP contribution is -2.28. The molecule has 0 aliphatic carbocycles. The molecule has 1 heteroatoms. The van der Waals surface area contributed by atoms with Gasteiger partial charge in [-0.2, -0.15) is 0 Å². The summed E-state index contributed by atoms with van der Waals surface area (Å²) in [7, 11) is 2.14. The van der Waals surface area contributed by atoms with Gasteiger partial charge in [-0.25, -0.2) is 0 Å². The molecule has 1 aromatic carbocycles. The van der Waals surface area contributed by atoms with E-state index in [4.69, 9.17) is 0 Å². The highest BCUT2D eigenvalue weighted by atomic mass is 15.1. The van der Waals surface area contributed by atoms with Crippen LogP contribution in [0.2, 0.25) is 0 Å². The maximum Gasteiger partial charge on any atom is 0.189 e. The predicted octanol–water partition coefficient (Wildman–Crippen LogP) is 4.14. The molecule has 1 heterocycles. The second kappa shape index (κ2) is 3.74. The van der Waals surface area contributed by atoms with Gasteiger partial charge in [-0.3, -0.25) is 0 Å². The third-order valence-electron chi connectivity index (χ3n) is 3.50. The van der Waals surface area contributed by atoms with E-state index in [1.54, 1.807) is 0 Å². The highest BCUT2D eigenvalue weighted by molar-refractivity contribution is 5.56. The SMILES string of the molecule is CC1=CC(C(C)(C)C)c2ccccc2[N+]1C. The van der Waals surface area contributed by atoms with Crippen LogP contribution in [0.5, 0.6) is 0 Å². The van der Waals surface area contributed by atoms with Crippen LogP contribution in [0.3, 0.4) is 0 Å². The summed E-state index contributed by atoms with van der Waals surface area (Å²) in [4.78, 5) is 2.28. The van der Waals surface area contributed by atoms with E-state index in [0.29, 0.717) is 5.92 Å². The number of fused-ring (bicyclic) bond motifs is 1. The number of hydrogen-bond donors (Lipinski definition) is 0. The molecule has 0 aromatic heterocycles. The number of rotatable bonds is 0. The number of nitrogens with zero attached hydrogens (tertiary/aromatic N) is 1. The molecule has 0 fully saturated rings. The molecule has 1 unspecified atom stereocenters. The van der Waals surface area contributed by atoms with Crippen LogP contribution in [0.4, 0.5) is 5.69 Å². The number of hydrogen-bond acceptors (Lipinski definition) is 1. The van der Waals surface area contributed by atoms with Gasteiger partial charge < -0.3 is 0 Å². The van der Waals surface area contributed by atoms with Gasteiger partial charge in [0.1, 0.15) is 7.05 Å². The molecule has 0 amide bonds. The van der Waals surface area contributed by atoms with Crippen molar-refractivity contribution in [2.45, 2.75) is 33.6 Å². The second-order valence-corrected chi connectivity index (χ2v) is 5.77. The minimum Gasteiger partial charge on any atom is -0.104 e. The van der Waals surface area contributed by atoms with Crippen molar-refractivity contribution in [2.75, 3.05) is 7.05 Å². The highest BCUT2D eigenvalue weighted by Gasteiger charge is 2.35. The molecular formula is C15H21N+. The summed E-state index contributed by atoms with van der Waals surface area (Å²) in [6, 6.07) is 8.73. The van der Waals surface area contributed by atoms with Crippen LogP contribution in [-0.2, 0) is 0 Å². The maximum absolute atomic E-state index is 2.39. The largest absolute Gasteiger partial charge is 0.189 e. The summed E-state index contributed by atoms with van der Waals surface area (Å²) in [5.41, 5.74) is 4.42. The number of anilines is 1. The first-order valence-corrected chi connectivity index (χ1v) is 5.92. The Morgan fingerprint density at radius 3 is 2.38 bits per heavy atom. The fourth-order valence-corrected chi connectivity index (χ4v) is 2.41. The Balaban J connectivity index is 2.57. The molecule has 1 nitrogen and oxygen atoms in total. The van der Waals surface area contributed by atoms with E-state index in [2.05, 4.69) is 70.0 Å². The fraction of sp³-hybridized carbons (Fsp3) is 0.467.